The molecule has 3 aromatic rings. The zero-order chi connectivity index (χ0) is 22.3. The Kier molecular flexibility index (Phi) is 5.94. The van der Waals surface area contributed by atoms with Crippen molar-refractivity contribution in [1.82, 2.24) is 14.5 Å². The van der Waals surface area contributed by atoms with Gasteiger partial charge in [-0.3, -0.25) is 9.78 Å². The van der Waals surface area contributed by atoms with Gasteiger partial charge in [0.15, 0.2) is 0 Å². The second-order valence-corrected chi connectivity index (χ2v) is 8.47. The van der Waals surface area contributed by atoms with E-state index in [-0.39, 0.29) is 11.6 Å². The van der Waals surface area contributed by atoms with E-state index in [1.165, 1.54) is 12.3 Å². The van der Waals surface area contributed by atoms with Gasteiger partial charge >= 0.3 is 0 Å². The summed E-state index contributed by atoms with van der Waals surface area (Å²) in [5.74, 6) is -3.19. The van der Waals surface area contributed by atoms with Gasteiger partial charge in [-0.1, -0.05) is 23.2 Å². The molecule has 3 heterocycles. The monoisotopic (exact) mass is 467 g/mol. The first kappa shape index (κ1) is 22.0. The molecule has 0 unspecified atom stereocenters. The largest absolute Gasteiger partial charge is 0.378 e. The lowest BCUT2D eigenvalue weighted by atomic mass is 10.0. The molecule has 1 fully saturated rings. The number of ether oxygens (including phenoxy) is 1. The van der Waals surface area contributed by atoms with Gasteiger partial charge in [-0.05, 0) is 29.8 Å². The number of carbonyl (C=O) groups is 1. The second-order valence-electron chi connectivity index (χ2n) is 7.68. The van der Waals surface area contributed by atoms with E-state index < -0.39 is 5.92 Å². The standard InChI is InChI=1S/C22H21Cl2F2N3O2/c1-22(25,26)19-11-18-13(12-27-19)9-14(28(18)2)10-16-17(23)4-3-15(20(16)24)21(30)29-5-7-31-8-6-29/h3-4,9,11-12H,5-8,10H2,1-2H3. The smallest absolute Gasteiger partial charge is 0.287 e. The minimum atomic E-state index is -3.03. The molecule has 1 aliphatic rings. The van der Waals surface area contributed by atoms with Crippen LogP contribution in [-0.2, 0) is 24.1 Å². The molecular formula is C22H21Cl2F2N3O2. The van der Waals surface area contributed by atoms with Gasteiger partial charge in [-0.2, -0.15) is 8.78 Å². The Balaban J connectivity index is 1.70. The number of rotatable bonds is 4. The number of nitrogens with zero attached hydrogens (tertiary/aromatic N) is 3. The first-order chi connectivity index (χ1) is 14.7. The summed E-state index contributed by atoms with van der Waals surface area (Å²) < 4.78 is 34.5. The number of benzene rings is 1. The third-order valence-electron chi connectivity index (χ3n) is 5.55. The van der Waals surface area contributed by atoms with E-state index in [4.69, 9.17) is 27.9 Å². The summed E-state index contributed by atoms with van der Waals surface area (Å²) in [5, 5.41) is 1.47. The Morgan fingerprint density at radius 3 is 2.61 bits per heavy atom. The SMILES string of the molecule is Cn1c(Cc2c(Cl)ccc(C(=O)N3CCOCC3)c2Cl)cc2cnc(C(C)(F)F)cc21. The van der Waals surface area contributed by atoms with Gasteiger partial charge in [0.1, 0.15) is 5.69 Å². The fourth-order valence-corrected chi connectivity index (χ4v) is 4.33. The number of hydrogen-bond donors (Lipinski definition) is 0. The van der Waals surface area contributed by atoms with E-state index in [9.17, 15) is 13.6 Å². The summed E-state index contributed by atoms with van der Waals surface area (Å²) in [5.41, 5.74) is 2.16. The Hall–Kier alpha value is -2.22. The third kappa shape index (κ3) is 4.27. The van der Waals surface area contributed by atoms with E-state index in [0.717, 1.165) is 18.0 Å². The van der Waals surface area contributed by atoms with Crippen LogP contribution in [0.1, 0.15) is 34.2 Å². The summed E-state index contributed by atoms with van der Waals surface area (Å²) in [6.07, 6.45) is 1.78. The molecule has 5 nitrogen and oxygen atoms in total. The van der Waals surface area contributed by atoms with Gasteiger partial charge < -0.3 is 14.2 Å². The maximum Gasteiger partial charge on any atom is 0.287 e. The summed E-state index contributed by atoms with van der Waals surface area (Å²) in [6, 6.07) is 6.55. The third-order valence-corrected chi connectivity index (χ3v) is 6.33. The molecule has 0 atom stereocenters. The predicted molar refractivity (Wildman–Crippen MR) is 116 cm³/mol. The van der Waals surface area contributed by atoms with E-state index >= 15 is 0 Å². The summed E-state index contributed by atoms with van der Waals surface area (Å²) in [7, 11) is 1.79. The summed E-state index contributed by atoms with van der Waals surface area (Å²) in [6.45, 7) is 2.82. The molecule has 0 spiro atoms. The van der Waals surface area contributed by atoms with Crippen molar-refractivity contribution in [1.29, 1.82) is 0 Å². The topological polar surface area (TPSA) is 47.4 Å². The number of hydrogen-bond acceptors (Lipinski definition) is 3. The van der Waals surface area contributed by atoms with Crippen LogP contribution in [-0.4, -0.2) is 46.7 Å². The molecule has 4 rings (SSSR count). The lowest BCUT2D eigenvalue weighted by Gasteiger charge is -2.27. The van der Waals surface area contributed by atoms with Crippen molar-refractivity contribution in [3.8, 4) is 0 Å². The summed E-state index contributed by atoms with van der Waals surface area (Å²) in [4.78, 5) is 18.5. The Labute approximate surface area is 188 Å². The van der Waals surface area contributed by atoms with Crippen molar-refractivity contribution in [2.75, 3.05) is 26.3 Å². The van der Waals surface area contributed by atoms with Gasteiger partial charge in [0, 0.05) is 55.8 Å². The van der Waals surface area contributed by atoms with Crippen LogP contribution in [0.5, 0.6) is 0 Å². The van der Waals surface area contributed by atoms with E-state index in [1.807, 2.05) is 10.6 Å². The molecular weight excluding hydrogens is 447 g/mol. The van der Waals surface area contributed by atoms with Crippen molar-refractivity contribution in [2.24, 2.45) is 7.05 Å². The van der Waals surface area contributed by atoms with Crippen LogP contribution in [0.2, 0.25) is 10.0 Å². The van der Waals surface area contributed by atoms with Gasteiger partial charge in [0.25, 0.3) is 11.8 Å². The fraction of sp³-hybridized carbons (Fsp3) is 0.364. The molecule has 0 saturated carbocycles. The molecule has 0 N–H and O–H groups in total. The lowest BCUT2D eigenvalue weighted by molar-refractivity contribution is 0.0129. The van der Waals surface area contributed by atoms with Crippen LogP contribution < -0.4 is 0 Å². The molecule has 0 radical (unpaired) electrons. The zero-order valence-electron chi connectivity index (χ0n) is 17.1. The number of aromatic nitrogens is 2. The molecule has 164 valence electrons. The Bertz CT molecular complexity index is 1150. The van der Waals surface area contributed by atoms with Gasteiger partial charge in [-0.25, -0.2) is 0 Å². The quantitative estimate of drug-likeness (QED) is 0.538. The molecule has 1 saturated heterocycles. The zero-order valence-corrected chi connectivity index (χ0v) is 18.6. The number of alkyl halides is 2. The van der Waals surface area contributed by atoms with Crippen LogP contribution in [0.3, 0.4) is 0 Å². The van der Waals surface area contributed by atoms with Crippen LogP contribution in [0, 0.1) is 0 Å². The molecule has 0 bridgehead atoms. The molecule has 31 heavy (non-hydrogen) atoms. The summed E-state index contributed by atoms with van der Waals surface area (Å²) >= 11 is 13.1. The highest BCUT2D eigenvalue weighted by atomic mass is 35.5. The van der Waals surface area contributed by atoms with Crippen LogP contribution >= 0.6 is 23.2 Å². The van der Waals surface area contributed by atoms with Gasteiger partial charge in [0.2, 0.25) is 0 Å². The number of fused-ring (bicyclic) bond motifs is 1. The first-order valence-corrected chi connectivity index (χ1v) is 10.6. The average Bonchev–Trinajstić information content (AvgIpc) is 3.05. The number of pyridine rings is 1. The highest BCUT2D eigenvalue weighted by Crippen LogP contribution is 2.33. The molecule has 9 heteroatoms. The van der Waals surface area contributed by atoms with Crippen LogP contribution in [0.25, 0.3) is 10.9 Å². The van der Waals surface area contributed by atoms with E-state index in [1.54, 1.807) is 24.1 Å². The molecule has 2 aromatic heterocycles. The number of halogens is 4. The average molecular weight is 468 g/mol. The maximum absolute atomic E-state index is 13.7. The first-order valence-electron chi connectivity index (χ1n) is 9.83. The molecule has 1 aromatic carbocycles. The second kappa shape index (κ2) is 8.37. The minimum Gasteiger partial charge on any atom is -0.378 e. The number of carbonyl (C=O) groups excluding carboxylic acids is 1. The fourth-order valence-electron chi connectivity index (χ4n) is 3.74. The number of amides is 1. The van der Waals surface area contributed by atoms with E-state index in [2.05, 4.69) is 4.98 Å². The molecule has 0 aliphatic carbocycles. The van der Waals surface area contributed by atoms with Crippen molar-refractivity contribution in [2.45, 2.75) is 19.3 Å². The minimum absolute atomic E-state index is 0.165. The molecule has 1 aliphatic heterocycles. The van der Waals surface area contributed by atoms with E-state index in [0.29, 0.717) is 59.4 Å². The van der Waals surface area contributed by atoms with Crippen molar-refractivity contribution in [3.05, 3.63) is 63.0 Å². The van der Waals surface area contributed by atoms with Crippen molar-refractivity contribution >= 4 is 40.0 Å². The van der Waals surface area contributed by atoms with Crippen molar-refractivity contribution < 1.29 is 18.3 Å². The van der Waals surface area contributed by atoms with Gasteiger partial charge in [-0.15, -0.1) is 0 Å². The highest BCUT2D eigenvalue weighted by Gasteiger charge is 2.27. The van der Waals surface area contributed by atoms with Gasteiger partial charge in [0.05, 0.1) is 29.3 Å². The Morgan fingerprint density at radius 1 is 1.23 bits per heavy atom. The van der Waals surface area contributed by atoms with Crippen LogP contribution in [0.4, 0.5) is 8.78 Å². The van der Waals surface area contributed by atoms with Crippen LogP contribution in [0.15, 0.2) is 30.5 Å². The maximum atomic E-state index is 13.7. The van der Waals surface area contributed by atoms with Crippen molar-refractivity contribution in [3.63, 3.8) is 0 Å². The lowest BCUT2D eigenvalue weighted by Crippen LogP contribution is -2.40. The normalized spacial score (nSPS) is 15.0. The number of aryl methyl sites for hydroxylation is 1. The molecule has 1 amide bonds. The highest BCUT2D eigenvalue weighted by molar-refractivity contribution is 6.38. The predicted octanol–water partition coefficient (Wildman–Crippen LogP) is 5.06. The number of morpholine rings is 1. The Morgan fingerprint density at radius 2 is 1.94 bits per heavy atom.